The lowest BCUT2D eigenvalue weighted by Gasteiger charge is -2.39. The third-order valence-electron chi connectivity index (χ3n) is 6.18. The fourth-order valence-corrected chi connectivity index (χ4v) is 4.56. The zero-order valence-corrected chi connectivity index (χ0v) is 17.2. The number of hydrogen-bond donors (Lipinski definition) is 2. The highest BCUT2D eigenvalue weighted by molar-refractivity contribution is 5.88. The first-order valence-corrected chi connectivity index (χ1v) is 10.3. The molecule has 3 heterocycles. The van der Waals surface area contributed by atoms with Crippen LogP contribution >= 0.6 is 0 Å². The summed E-state index contributed by atoms with van der Waals surface area (Å²) in [5, 5.41) is 3.39. The summed E-state index contributed by atoms with van der Waals surface area (Å²) in [6, 6.07) is 8.80. The van der Waals surface area contributed by atoms with Gasteiger partial charge < -0.3 is 19.8 Å². The minimum Gasteiger partial charge on any atom is -0.491 e. The molecule has 2 aliphatic rings. The van der Waals surface area contributed by atoms with Crippen LogP contribution in [0.1, 0.15) is 23.9 Å². The van der Waals surface area contributed by atoms with Gasteiger partial charge in [0.05, 0.1) is 29.4 Å². The number of anilines is 1. The highest BCUT2D eigenvalue weighted by atomic mass is 19.4. The zero-order chi connectivity index (χ0) is 22.5. The van der Waals surface area contributed by atoms with Gasteiger partial charge >= 0.3 is 6.18 Å². The average Bonchev–Trinajstić information content (AvgIpc) is 3.41. The van der Waals surface area contributed by atoms with Crippen molar-refractivity contribution in [1.29, 1.82) is 0 Å². The topological polar surface area (TPSA) is 62.4 Å². The number of aromatic amines is 1. The van der Waals surface area contributed by atoms with Crippen molar-refractivity contribution in [3.63, 3.8) is 0 Å². The Hall–Kier alpha value is -2.85. The molecular weight excluding hydrogens is 428 g/mol. The van der Waals surface area contributed by atoms with E-state index >= 15 is 0 Å². The van der Waals surface area contributed by atoms with Crippen LogP contribution in [0.5, 0.6) is 5.75 Å². The molecule has 0 spiro atoms. The molecule has 10 heteroatoms. The van der Waals surface area contributed by atoms with Crippen LogP contribution in [0, 0.1) is 5.82 Å². The summed E-state index contributed by atoms with van der Waals surface area (Å²) in [6.45, 7) is 1.82. The Labute approximate surface area is 181 Å². The summed E-state index contributed by atoms with van der Waals surface area (Å²) in [7, 11) is 1.68. The molecule has 1 saturated heterocycles. The number of para-hydroxylation sites is 1. The first kappa shape index (κ1) is 21.0. The molecule has 2 aliphatic heterocycles. The van der Waals surface area contributed by atoms with Crippen LogP contribution in [0.25, 0.3) is 11.0 Å². The van der Waals surface area contributed by atoms with Crippen LogP contribution in [0.4, 0.5) is 23.2 Å². The maximum atomic E-state index is 13.8. The largest absolute Gasteiger partial charge is 0.491 e. The molecule has 2 aromatic carbocycles. The number of likely N-dealkylation sites (tertiary alicyclic amines) is 1. The van der Waals surface area contributed by atoms with Gasteiger partial charge in [0.25, 0.3) is 0 Å². The van der Waals surface area contributed by atoms with Crippen molar-refractivity contribution in [2.75, 3.05) is 32.1 Å². The summed E-state index contributed by atoms with van der Waals surface area (Å²) in [6.07, 6.45) is -3.60. The first-order valence-electron chi connectivity index (χ1n) is 10.3. The number of fused-ring (bicyclic) bond motifs is 2. The smallest absolute Gasteiger partial charge is 0.449 e. The molecule has 0 aliphatic carbocycles. The van der Waals surface area contributed by atoms with Gasteiger partial charge in [-0.2, -0.15) is 13.2 Å². The standard InChI is InChI=1S/C22H22F4N4O2/c1-31-13-7-8-30(10-13)17-11-32-18-9-12(23)5-6-14(18)19(17)27-15-3-2-4-16-20(15)29-21(28-16)22(24,25)26/h2-6,9,13,17,19,27H,7-8,10-11H2,1H3,(H,28,29). The second-order valence-corrected chi connectivity index (χ2v) is 8.11. The molecule has 3 unspecified atom stereocenters. The highest BCUT2D eigenvalue weighted by Crippen LogP contribution is 2.39. The van der Waals surface area contributed by atoms with Gasteiger partial charge in [-0.15, -0.1) is 0 Å². The average molecular weight is 450 g/mol. The Morgan fingerprint density at radius 2 is 2.09 bits per heavy atom. The van der Waals surface area contributed by atoms with E-state index in [-0.39, 0.29) is 29.2 Å². The quantitative estimate of drug-likeness (QED) is 0.579. The van der Waals surface area contributed by atoms with E-state index in [2.05, 4.69) is 20.2 Å². The van der Waals surface area contributed by atoms with Crippen LogP contribution in [0.3, 0.4) is 0 Å². The van der Waals surface area contributed by atoms with Crippen molar-refractivity contribution in [2.45, 2.75) is 30.8 Å². The molecule has 32 heavy (non-hydrogen) atoms. The van der Waals surface area contributed by atoms with E-state index in [1.807, 2.05) is 0 Å². The number of hydrogen-bond acceptors (Lipinski definition) is 5. The van der Waals surface area contributed by atoms with Gasteiger partial charge in [0.1, 0.15) is 23.7 Å². The van der Waals surface area contributed by atoms with Crippen molar-refractivity contribution in [1.82, 2.24) is 14.9 Å². The molecule has 1 fully saturated rings. The Balaban J connectivity index is 1.54. The summed E-state index contributed by atoms with van der Waals surface area (Å²) < 4.78 is 64.8. The minimum atomic E-state index is -4.58. The lowest BCUT2D eigenvalue weighted by molar-refractivity contribution is -0.144. The number of aromatic nitrogens is 2. The van der Waals surface area contributed by atoms with Crippen LogP contribution in [0.2, 0.25) is 0 Å². The number of halogens is 4. The first-order chi connectivity index (χ1) is 15.3. The maximum absolute atomic E-state index is 13.8. The lowest BCUT2D eigenvalue weighted by Crippen LogP contribution is -2.47. The summed E-state index contributed by atoms with van der Waals surface area (Å²) in [5.41, 5.74) is 1.69. The fraction of sp³-hybridized carbons (Fsp3) is 0.409. The number of nitrogens with one attached hydrogen (secondary N) is 2. The molecule has 5 rings (SSSR count). The van der Waals surface area contributed by atoms with Crippen molar-refractivity contribution >= 4 is 16.7 Å². The van der Waals surface area contributed by atoms with Crippen LogP contribution in [-0.4, -0.2) is 53.8 Å². The van der Waals surface area contributed by atoms with Gasteiger partial charge in [0.2, 0.25) is 5.82 Å². The van der Waals surface area contributed by atoms with Crippen molar-refractivity contribution in [3.8, 4) is 5.75 Å². The Morgan fingerprint density at radius 3 is 2.84 bits per heavy atom. The molecule has 0 bridgehead atoms. The van der Waals surface area contributed by atoms with Crippen molar-refractivity contribution in [3.05, 3.63) is 53.6 Å². The molecular formula is C22H22F4N4O2. The zero-order valence-electron chi connectivity index (χ0n) is 17.2. The molecule has 3 aromatic rings. The number of alkyl halides is 3. The third kappa shape index (κ3) is 3.77. The number of rotatable bonds is 4. The van der Waals surface area contributed by atoms with Gasteiger partial charge in [-0.3, -0.25) is 4.90 Å². The van der Waals surface area contributed by atoms with E-state index in [9.17, 15) is 17.6 Å². The molecule has 3 atom stereocenters. The van der Waals surface area contributed by atoms with Gasteiger partial charge in [0, 0.05) is 31.8 Å². The monoisotopic (exact) mass is 450 g/mol. The summed E-state index contributed by atoms with van der Waals surface area (Å²) in [4.78, 5) is 8.38. The van der Waals surface area contributed by atoms with Gasteiger partial charge in [0.15, 0.2) is 0 Å². The number of methoxy groups -OCH3 is 1. The Bertz CT molecular complexity index is 1130. The number of ether oxygens (including phenoxy) is 2. The number of nitrogens with zero attached hydrogens (tertiary/aromatic N) is 2. The Kier molecular flexibility index (Phi) is 5.21. The second kappa shape index (κ2) is 7.93. The van der Waals surface area contributed by atoms with Gasteiger partial charge in [-0.05, 0) is 24.6 Å². The highest BCUT2D eigenvalue weighted by Gasteiger charge is 2.39. The molecule has 0 amide bonds. The van der Waals surface area contributed by atoms with Crippen LogP contribution in [0.15, 0.2) is 36.4 Å². The Morgan fingerprint density at radius 1 is 1.25 bits per heavy atom. The predicted molar refractivity (Wildman–Crippen MR) is 110 cm³/mol. The van der Waals surface area contributed by atoms with E-state index in [0.29, 0.717) is 24.6 Å². The van der Waals surface area contributed by atoms with Crippen LogP contribution in [-0.2, 0) is 10.9 Å². The third-order valence-corrected chi connectivity index (χ3v) is 6.18. The minimum absolute atomic E-state index is 0.106. The fourth-order valence-electron chi connectivity index (χ4n) is 4.56. The van der Waals surface area contributed by atoms with Gasteiger partial charge in [-0.25, -0.2) is 9.37 Å². The van der Waals surface area contributed by atoms with E-state index in [4.69, 9.17) is 9.47 Å². The molecule has 0 radical (unpaired) electrons. The molecule has 170 valence electrons. The van der Waals surface area contributed by atoms with Crippen molar-refractivity contribution in [2.24, 2.45) is 0 Å². The lowest BCUT2D eigenvalue weighted by atomic mass is 9.94. The molecule has 6 nitrogen and oxygen atoms in total. The van der Waals surface area contributed by atoms with E-state index in [1.54, 1.807) is 31.4 Å². The number of H-pyrrole nitrogens is 1. The summed E-state index contributed by atoms with van der Waals surface area (Å²) in [5.74, 6) is -1.03. The maximum Gasteiger partial charge on any atom is 0.449 e. The molecule has 0 saturated carbocycles. The van der Waals surface area contributed by atoms with Crippen LogP contribution < -0.4 is 10.1 Å². The second-order valence-electron chi connectivity index (χ2n) is 8.11. The molecule has 1 aromatic heterocycles. The SMILES string of the molecule is COC1CCN(C2COc3cc(F)ccc3C2Nc2cccc3[nH]c(C(F)(F)F)nc23)C1. The van der Waals surface area contributed by atoms with Gasteiger partial charge in [-0.1, -0.05) is 12.1 Å². The van der Waals surface area contributed by atoms with E-state index in [0.717, 1.165) is 18.5 Å². The number of benzene rings is 2. The summed E-state index contributed by atoms with van der Waals surface area (Å²) >= 11 is 0. The predicted octanol–water partition coefficient (Wildman–Crippen LogP) is 4.36. The molecule has 2 N–H and O–H groups in total. The number of imidazole rings is 1. The van der Waals surface area contributed by atoms with Crippen molar-refractivity contribution < 1.29 is 27.0 Å². The van der Waals surface area contributed by atoms with E-state index < -0.39 is 17.8 Å². The normalized spacial score (nSPS) is 23.8. The van der Waals surface area contributed by atoms with E-state index in [1.165, 1.54) is 12.1 Å².